The molecule has 0 unspecified atom stereocenters. The number of carbonyl (C=O) groups is 1. The van der Waals surface area contributed by atoms with Crippen LogP contribution in [0.2, 0.25) is 5.02 Å². The first kappa shape index (κ1) is 24.5. The van der Waals surface area contributed by atoms with Gasteiger partial charge in [0, 0.05) is 32.7 Å². The molecule has 6 nitrogen and oxygen atoms in total. The van der Waals surface area contributed by atoms with E-state index in [0.29, 0.717) is 12.1 Å². The minimum atomic E-state index is -4.39. The third-order valence-electron chi connectivity index (χ3n) is 5.18. The quantitative estimate of drug-likeness (QED) is 0.624. The van der Waals surface area contributed by atoms with E-state index in [9.17, 15) is 26.4 Å². The Labute approximate surface area is 190 Å². The Morgan fingerprint density at radius 2 is 1.62 bits per heavy atom. The van der Waals surface area contributed by atoms with E-state index in [2.05, 4.69) is 0 Å². The number of hydrogen-bond donors (Lipinski definition) is 0. The van der Waals surface area contributed by atoms with Crippen molar-refractivity contribution in [2.24, 2.45) is 0 Å². The molecule has 3 rings (SSSR count). The molecule has 1 amide bonds. The van der Waals surface area contributed by atoms with Crippen LogP contribution in [-0.2, 0) is 27.5 Å². The second-order valence-corrected chi connectivity index (χ2v) is 9.90. The summed E-state index contributed by atoms with van der Waals surface area (Å²) < 4.78 is 64.9. The zero-order chi connectivity index (χ0) is 23.5. The van der Waals surface area contributed by atoms with Gasteiger partial charge < -0.3 is 4.90 Å². The molecule has 1 aliphatic heterocycles. The number of sulfonamides is 1. The lowest BCUT2D eigenvalue weighted by atomic mass is 10.1. The van der Waals surface area contributed by atoms with Crippen molar-refractivity contribution in [1.29, 1.82) is 0 Å². The number of halogens is 4. The van der Waals surface area contributed by atoms with Gasteiger partial charge in [0.2, 0.25) is 15.9 Å². The van der Waals surface area contributed by atoms with Gasteiger partial charge >= 0.3 is 6.18 Å². The number of likely N-dealkylation sites (N-methyl/N-ethyl adjacent to an activating group) is 1. The average Bonchev–Trinajstić information content (AvgIpc) is 2.73. The highest BCUT2D eigenvalue weighted by atomic mass is 35.5. The minimum absolute atomic E-state index is 0.0396. The van der Waals surface area contributed by atoms with Gasteiger partial charge in [0.15, 0.2) is 0 Å². The molecule has 1 aliphatic rings. The van der Waals surface area contributed by atoms with Gasteiger partial charge in [-0.2, -0.15) is 17.5 Å². The minimum Gasteiger partial charge on any atom is -0.339 e. The highest BCUT2D eigenvalue weighted by Gasteiger charge is 2.32. The number of alkyl halides is 3. The van der Waals surface area contributed by atoms with Gasteiger partial charge in [0.05, 0.1) is 17.1 Å². The number of carbonyl (C=O) groups excluding carboxylic acids is 1. The van der Waals surface area contributed by atoms with Crippen molar-refractivity contribution < 1.29 is 26.4 Å². The van der Waals surface area contributed by atoms with Crippen LogP contribution in [0.1, 0.15) is 11.1 Å². The van der Waals surface area contributed by atoms with Crippen LogP contribution in [0, 0.1) is 0 Å². The van der Waals surface area contributed by atoms with E-state index in [-0.39, 0.29) is 48.5 Å². The summed E-state index contributed by atoms with van der Waals surface area (Å²) in [5, 5.41) is 0.149. The van der Waals surface area contributed by atoms with Crippen molar-refractivity contribution >= 4 is 27.5 Å². The molecule has 0 aromatic heterocycles. The molecule has 2 aromatic carbocycles. The van der Waals surface area contributed by atoms with E-state index in [0.717, 1.165) is 12.1 Å². The lowest BCUT2D eigenvalue weighted by Gasteiger charge is -2.35. The molecule has 0 radical (unpaired) electrons. The van der Waals surface area contributed by atoms with Crippen LogP contribution in [0.5, 0.6) is 0 Å². The van der Waals surface area contributed by atoms with Crippen molar-refractivity contribution in [2.45, 2.75) is 17.6 Å². The predicted octanol–water partition coefficient (Wildman–Crippen LogP) is 3.32. The first-order valence-electron chi connectivity index (χ1n) is 9.85. The summed E-state index contributed by atoms with van der Waals surface area (Å²) in [6, 6.07) is 11.0. The maximum absolute atomic E-state index is 12.8. The summed E-state index contributed by atoms with van der Waals surface area (Å²) >= 11 is 6.03. The second kappa shape index (κ2) is 9.78. The van der Waals surface area contributed by atoms with Crippen molar-refractivity contribution in [3.8, 4) is 0 Å². The fourth-order valence-electron chi connectivity index (χ4n) is 3.47. The van der Waals surface area contributed by atoms with Crippen LogP contribution in [0.15, 0.2) is 53.4 Å². The van der Waals surface area contributed by atoms with E-state index in [1.54, 1.807) is 29.0 Å². The zero-order valence-corrected chi connectivity index (χ0v) is 18.9. The molecule has 1 heterocycles. The molecule has 0 bridgehead atoms. The molecular formula is C21H23ClF3N3O3S. The lowest BCUT2D eigenvalue weighted by Crippen LogP contribution is -2.52. The lowest BCUT2D eigenvalue weighted by molar-refractivity contribution is -0.137. The van der Waals surface area contributed by atoms with Crippen LogP contribution in [-0.4, -0.2) is 68.2 Å². The second-order valence-electron chi connectivity index (χ2n) is 7.58. The fraction of sp³-hybridized carbons (Fsp3) is 0.381. The Hall–Kier alpha value is -2.14. The molecular weight excluding hydrogens is 467 g/mol. The average molecular weight is 490 g/mol. The Balaban J connectivity index is 1.52. The Bertz CT molecular complexity index is 1050. The molecule has 0 aliphatic carbocycles. The molecule has 2 aromatic rings. The largest absolute Gasteiger partial charge is 0.416 e. The number of amides is 1. The molecule has 1 saturated heterocycles. The van der Waals surface area contributed by atoms with Gasteiger partial charge in [0.1, 0.15) is 4.90 Å². The molecule has 174 valence electrons. The highest BCUT2D eigenvalue weighted by Crippen LogP contribution is 2.29. The normalized spacial score (nSPS) is 15.9. The van der Waals surface area contributed by atoms with E-state index in [1.165, 1.54) is 28.6 Å². The van der Waals surface area contributed by atoms with E-state index in [1.807, 2.05) is 0 Å². The van der Waals surface area contributed by atoms with Crippen LogP contribution in [0.3, 0.4) is 0 Å². The standard InChI is InChI=1S/C21H23ClF3N3O3S/c1-26(14-16-6-8-17(9-7-16)21(23,24)25)15-20(29)27-10-12-28(13-11-27)32(30,31)19-5-3-2-4-18(19)22/h2-9H,10-15H2,1H3. The fourth-order valence-corrected chi connectivity index (χ4v) is 5.38. The first-order chi connectivity index (χ1) is 15.0. The summed E-state index contributed by atoms with van der Waals surface area (Å²) in [7, 11) is -2.04. The monoisotopic (exact) mass is 489 g/mol. The summed E-state index contributed by atoms with van der Waals surface area (Å²) in [6.07, 6.45) is -4.39. The van der Waals surface area contributed by atoms with Gasteiger partial charge in [-0.15, -0.1) is 0 Å². The van der Waals surface area contributed by atoms with Crippen molar-refractivity contribution in [3.05, 3.63) is 64.7 Å². The zero-order valence-electron chi connectivity index (χ0n) is 17.3. The number of nitrogens with zero attached hydrogens (tertiary/aromatic N) is 3. The van der Waals surface area contributed by atoms with Gasteiger partial charge in [0.25, 0.3) is 0 Å². The molecule has 0 saturated carbocycles. The first-order valence-corrected chi connectivity index (χ1v) is 11.7. The molecule has 0 atom stereocenters. The summed E-state index contributed by atoms with van der Waals surface area (Å²) in [6.45, 7) is 1.18. The smallest absolute Gasteiger partial charge is 0.339 e. The van der Waals surface area contributed by atoms with Crippen molar-refractivity contribution in [3.63, 3.8) is 0 Å². The predicted molar refractivity (Wildman–Crippen MR) is 115 cm³/mol. The summed E-state index contributed by atoms with van der Waals surface area (Å²) in [5.41, 5.74) is -0.0615. The molecule has 1 fully saturated rings. The number of piperazine rings is 1. The van der Waals surface area contributed by atoms with Crippen molar-refractivity contribution in [2.75, 3.05) is 39.8 Å². The summed E-state index contributed by atoms with van der Waals surface area (Å²) in [4.78, 5) is 15.9. The SMILES string of the molecule is CN(CC(=O)N1CCN(S(=O)(=O)c2ccccc2Cl)CC1)Cc1ccc(C(F)(F)F)cc1. The molecule has 0 spiro atoms. The van der Waals surface area contributed by atoms with Crippen molar-refractivity contribution in [1.82, 2.24) is 14.1 Å². The maximum Gasteiger partial charge on any atom is 0.416 e. The van der Waals surface area contributed by atoms with E-state index >= 15 is 0 Å². The van der Waals surface area contributed by atoms with Gasteiger partial charge in [-0.05, 0) is 36.9 Å². The van der Waals surface area contributed by atoms with Crippen LogP contribution in [0.4, 0.5) is 13.2 Å². The number of hydrogen-bond acceptors (Lipinski definition) is 4. The van der Waals surface area contributed by atoms with Gasteiger partial charge in [-0.25, -0.2) is 8.42 Å². The maximum atomic E-state index is 12.8. The summed E-state index contributed by atoms with van der Waals surface area (Å²) in [5.74, 6) is -0.172. The van der Waals surface area contributed by atoms with E-state index in [4.69, 9.17) is 11.6 Å². The van der Waals surface area contributed by atoms with E-state index < -0.39 is 21.8 Å². The van der Waals surface area contributed by atoms with Gasteiger partial charge in [-0.1, -0.05) is 35.9 Å². The highest BCUT2D eigenvalue weighted by molar-refractivity contribution is 7.89. The number of benzene rings is 2. The van der Waals surface area contributed by atoms with Crippen LogP contribution >= 0.6 is 11.6 Å². The number of rotatable bonds is 6. The molecule has 0 N–H and O–H groups in total. The Kier molecular flexibility index (Phi) is 7.49. The van der Waals surface area contributed by atoms with Gasteiger partial charge in [-0.3, -0.25) is 9.69 Å². The Morgan fingerprint density at radius 3 is 2.19 bits per heavy atom. The third-order valence-corrected chi connectivity index (χ3v) is 7.58. The molecule has 32 heavy (non-hydrogen) atoms. The third kappa shape index (κ3) is 5.80. The Morgan fingerprint density at radius 1 is 1.03 bits per heavy atom. The topological polar surface area (TPSA) is 60.9 Å². The molecule has 11 heteroatoms. The van der Waals surface area contributed by atoms with Crippen LogP contribution in [0.25, 0.3) is 0 Å². The van der Waals surface area contributed by atoms with Crippen LogP contribution < -0.4 is 0 Å².